The molecule has 0 radical (unpaired) electrons. The van der Waals surface area contributed by atoms with Crippen molar-refractivity contribution in [2.24, 2.45) is 0 Å². The maximum absolute atomic E-state index is 13.6. The highest BCUT2D eigenvalue weighted by Crippen LogP contribution is 2.35. The summed E-state index contributed by atoms with van der Waals surface area (Å²) in [7, 11) is 0. The lowest BCUT2D eigenvalue weighted by atomic mass is 10.1. The molecule has 0 amide bonds. The van der Waals surface area contributed by atoms with E-state index < -0.39 is 0 Å². The summed E-state index contributed by atoms with van der Waals surface area (Å²) in [6.45, 7) is 1.09. The maximum atomic E-state index is 13.6. The Labute approximate surface area is 93.2 Å². The van der Waals surface area contributed by atoms with Crippen LogP contribution in [0.15, 0.2) is 12.1 Å². The van der Waals surface area contributed by atoms with Gasteiger partial charge in [-0.25, -0.2) is 4.39 Å². The molecular formula is C12H13FO3. The molecule has 0 aromatic heterocycles. The predicted molar refractivity (Wildman–Crippen MR) is 56.4 cm³/mol. The van der Waals surface area contributed by atoms with Crippen LogP contribution in [0.1, 0.15) is 18.4 Å². The molecule has 0 fully saturated rings. The van der Waals surface area contributed by atoms with Gasteiger partial charge in [0, 0.05) is 18.4 Å². The minimum Gasteiger partial charge on any atom is -0.490 e. The first-order valence-corrected chi connectivity index (χ1v) is 5.33. The van der Waals surface area contributed by atoms with E-state index in [9.17, 15) is 9.18 Å². The number of ether oxygens (including phenoxy) is 2. The monoisotopic (exact) mass is 224 g/mol. The van der Waals surface area contributed by atoms with E-state index in [1.807, 2.05) is 0 Å². The van der Waals surface area contributed by atoms with Gasteiger partial charge in [-0.2, -0.15) is 0 Å². The second-order valence-electron chi connectivity index (χ2n) is 3.61. The van der Waals surface area contributed by atoms with Gasteiger partial charge in [-0.3, -0.25) is 0 Å². The minimum atomic E-state index is -0.342. The Morgan fingerprint density at radius 3 is 2.94 bits per heavy atom. The lowest BCUT2D eigenvalue weighted by Gasteiger charge is -2.12. The highest BCUT2D eigenvalue weighted by Gasteiger charge is 2.17. The first kappa shape index (κ1) is 10.9. The first-order valence-electron chi connectivity index (χ1n) is 5.33. The van der Waals surface area contributed by atoms with Crippen molar-refractivity contribution in [3.8, 4) is 11.5 Å². The molecule has 1 heterocycles. The topological polar surface area (TPSA) is 35.5 Å². The molecule has 1 aliphatic heterocycles. The van der Waals surface area contributed by atoms with Gasteiger partial charge in [0.1, 0.15) is 12.1 Å². The number of rotatable bonds is 3. The minimum absolute atomic E-state index is 0.288. The van der Waals surface area contributed by atoms with Crippen molar-refractivity contribution in [1.82, 2.24) is 0 Å². The van der Waals surface area contributed by atoms with E-state index in [1.165, 1.54) is 6.07 Å². The number of carbonyl (C=O) groups is 1. The third-order valence-electron chi connectivity index (χ3n) is 2.47. The third kappa shape index (κ3) is 2.15. The summed E-state index contributed by atoms with van der Waals surface area (Å²) in [5.41, 5.74) is 0.437. The number of fused-ring (bicyclic) bond motifs is 1. The predicted octanol–water partition coefficient (Wildman–Crippen LogP) is 2.12. The molecule has 86 valence electrons. The van der Waals surface area contributed by atoms with Gasteiger partial charge in [-0.05, 0) is 18.6 Å². The molecule has 0 spiro atoms. The van der Waals surface area contributed by atoms with Gasteiger partial charge >= 0.3 is 0 Å². The SMILES string of the molecule is O=CCCc1c(F)ccc2c1OCCCO2. The maximum Gasteiger partial charge on any atom is 0.167 e. The van der Waals surface area contributed by atoms with Crippen molar-refractivity contribution in [3.63, 3.8) is 0 Å². The number of hydrogen-bond donors (Lipinski definition) is 0. The molecule has 0 atom stereocenters. The van der Waals surface area contributed by atoms with Crippen LogP contribution >= 0.6 is 0 Å². The Bertz CT molecular complexity index is 390. The second-order valence-corrected chi connectivity index (χ2v) is 3.61. The van der Waals surface area contributed by atoms with Crippen molar-refractivity contribution in [3.05, 3.63) is 23.5 Å². The van der Waals surface area contributed by atoms with Crippen LogP contribution in [0.25, 0.3) is 0 Å². The summed E-state index contributed by atoms with van der Waals surface area (Å²) in [4.78, 5) is 10.3. The van der Waals surface area contributed by atoms with E-state index in [2.05, 4.69) is 0 Å². The Kier molecular flexibility index (Phi) is 3.39. The molecule has 3 nitrogen and oxygen atoms in total. The lowest BCUT2D eigenvalue weighted by Crippen LogP contribution is -2.01. The first-order chi connectivity index (χ1) is 7.83. The molecule has 1 aromatic carbocycles. The Morgan fingerprint density at radius 2 is 2.12 bits per heavy atom. The van der Waals surface area contributed by atoms with Gasteiger partial charge in [0.2, 0.25) is 0 Å². The van der Waals surface area contributed by atoms with Crippen molar-refractivity contribution >= 4 is 6.29 Å². The fourth-order valence-electron chi connectivity index (χ4n) is 1.71. The zero-order chi connectivity index (χ0) is 11.4. The Morgan fingerprint density at radius 1 is 1.31 bits per heavy atom. The highest BCUT2D eigenvalue weighted by molar-refractivity contribution is 5.53. The standard InChI is InChI=1S/C12H13FO3/c13-10-4-5-11-12(9(10)3-1-6-14)16-8-2-7-15-11/h4-6H,1-3,7-8H2. The van der Waals surface area contributed by atoms with Gasteiger partial charge in [0.15, 0.2) is 11.5 Å². The van der Waals surface area contributed by atoms with E-state index in [-0.39, 0.29) is 12.2 Å². The van der Waals surface area contributed by atoms with E-state index in [0.717, 1.165) is 12.7 Å². The fourth-order valence-corrected chi connectivity index (χ4v) is 1.71. The van der Waals surface area contributed by atoms with Gasteiger partial charge in [0.25, 0.3) is 0 Å². The van der Waals surface area contributed by atoms with Crippen molar-refractivity contribution in [1.29, 1.82) is 0 Å². The molecule has 0 N–H and O–H groups in total. The summed E-state index contributed by atoms with van der Waals surface area (Å²) >= 11 is 0. The number of benzene rings is 1. The molecule has 1 aromatic rings. The molecule has 1 aliphatic rings. The number of hydrogen-bond acceptors (Lipinski definition) is 3. The molecule has 0 saturated heterocycles. The average molecular weight is 224 g/mol. The number of aldehydes is 1. The molecule has 0 saturated carbocycles. The normalized spacial score (nSPS) is 14.3. The Hall–Kier alpha value is -1.58. The van der Waals surface area contributed by atoms with Crippen LogP contribution in [0.5, 0.6) is 11.5 Å². The van der Waals surface area contributed by atoms with Crippen LogP contribution in [-0.4, -0.2) is 19.5 Å². The van der Waals surface area contributed by atoms with Gasteiger partial charge < -0.3 is 14.3 Å². The van der Waals surface area contributed by atoms with E-state index in [4.69, 9.17) is 9.47 Å². The number of halogens is 1. The molecule has 0 aliphatic carbocycles. The summed E-state index contributed by atoms with van der Waals surface area (Å²) < 4.78 is 24.5. The zero-order valence-corrected chi connectivity index (χ0v) is 8.87. The van der Waals surface area contributed by atoms with Crippen LogP contribution in [0.2, 0.25) is 0 Å². The third-order valence-corrected chi connectivity index (χ3v) is 2.47. The van der Waals surface area contributed by atoms with E-state index >= 15 is 0 Å². The highest BCUT2D eigenvalue weighted by atomic mass is 19.1. The average Bonchev–Trinajstić information content (AvgIpc) is 2.53. The van der Waals surface area contributed by atoms with Gasteiger partial charge in [-0.15, -0.1) is 0 Å². The molecule has 4 heteroatoms. The summed E-state index contributed by atoms with van der Waals surface area (Å²) in [6.07, 6.45) is 2.19. The Balaban J connectivity index is 2.36. The lowest BCUT2D eigenvalue weighted by molar-refractivity contribution is -0.107. The van der Waals surface area contributed by atoms with Crippen LogP contribution in [-0.2, 0) is 11.2 Å². The van der Waals surface area contributed by atoms with Crippen LogP contribution < -0.4 is 9.47 Å². The largest absolute Gasteiger partial charge is 0.490 e. The summed E-state index contributed by atoms with van der Waals surface area (Å²) in [5, 5.41) is 0. The van der Waals surface area contributed by atoms with Crippen LogP contribution in [0.3, 0.4) is 0 Å². The molecule has 0 unspecified atom stereocenters. The van der Waals surface area contributed by atoms with Crippen molar-refractivity contribution in [2.75, 3.05) is 13.2 Å². The van der Waals surface area contributed by atoms with Gasteiger partial charge in [0.05, 0.1) is 13.2 Å². The second kappa shape index (κ2) is 4.96. The van der Waals surface area contributed by atoms with Crippen LogP contribution in [0.4, 0.5) is 4.39 Å². The van der Waals surface area contributed by atoms with Gasteiger partial charge in [-0.1, -0.05) is 0 Å². The zero-order valence-electron chi connectivity index (χ0n) is 8.87. The molecule has 16 heavy (non-hydrogen) atoms. The van der Waals surface area contributed by atoms with Crippen molar-refractivity contribution in [2.45, 2.75) is 19.3 Å². The molecule has 0 bridgehead atoms. The van der Waals surface area contributed by atoms with Crippen molar-refractivity contribution < 1.29 is 18.7 Å². The summed E-state index contributed by atoms with van der Waals surface area (Å²) in [5.74, 6) is 0.685. The smallest absolute Gasteiger partial charge is 0.167 e. The fraction of sp³-hybridized carbons (Fsp3) is 0.417. The number of carbonyl (C=O) groups excluding carboxylic acids is 1. The quantitative estimate of drug-likeness (QED) is 0.738. The van der Waals surface area contributed by atoms with E-state index in [1.54, 1.807) is 6.07 Å². The summed E-state index contributed by atoms with van der Waals surface area (Å²) in [6, 6.07) is 2.92. The van der Waals surface area contributed by atoms with Crippen LogP contribution in [0, 0.1) is 5.82 Å². The molecular weight excluding hydrogens is 211 g/mol. The van der Waals surface area contributed by atoms with E-state index in [0.29, 0.717) is 36.7 Å². The molecule has 2 rings (SSSR count).